The number of carbonyl (C=O) groups is 1. The van der Waals surface area contributed by atoms with E-state index in [9.17, 15) is 4.79 Å². The van der Waals surface area contributed by atoms with Crippen LogP contribution in [0.4, 0.5) is 0 Å². The van der Waals surface area contributed by atoms with Crippen molar-refractivity contribution >= 4 is 5.91 Å². The summed E-state index contributed by atoms with van der Waals surface area (Å²) < 4.78 is 4.83. The van der Waals surface area contributed by atoms with Gasteiger partial charge >= 0.3 is 0 Å². The highest BCUT2D eigenvalue weighted by molar-refractivity contribution is 5.77. The van der Waals surface area contributed by atoms with Crippen molar-refractivity contribution in [2.45, 2.75) is 25.7 Å². The molecule has 16 heavy (non-hydrogen) atoms. The fourth-order valence-electron chi connectivity index (χ4n) is 1.27. The average Bonchev–Trinajstić information content (AvgIpc) is 2.28. The first-order valence-corrected chi connectivity index (χ1v) is 5.88. The van der Waals surface area contributed by atoms with Crippen molar-refractivity contribution in [3.8, 4) is 0 Å². The van der Waals surface area contributed by atoms with Gasteiger partial charge in [-0.2, -0.15) is 0 Å². The Morgan fingerprint density at radius 2 is 2.12 bits per heavy atom. The molecule has 0 aromatic carbocycles. The molecule has 0 aliphatic heterocycles. The summed E-state index contributed by atoms with van der Waals surface area (Å²) in [4.78, 5) is 11.2. The summed E-state index contributed by atoms with van der Waals surface area (Å²) in [7, 11) is 1.62. The molecule has 0 aromatic rings. The van der Waals surface area contributed by atoms with Gasteiger partial charge in [0.25, 0.3) is 0 Å². The largest absolute Gasteiger partial charge is 0.383 e. The molecule has 0 aliphatic carbocycles. The number of hydrogen-bond donors (Lipinski definition) is 2. The lowest BCUT2D eigenvalue weighted by molar-refractivity contribution is -0.120. The number of allylic oxidation sites excluding steroid dienone is 1. The van der Waals surface area contributed by atoms with Crippen molar-refractivity contribution < 1.29 is 9.53 Å². The van der Waals surface area contributed by atoms with Crippen LogP contribution in [0.5, 0.6) is 0 Å². The highest BCUT2D eigenvalue weighted by atomic mass is 16.5. The highest BCUT2D eigenvalue weighted by Gasteiger charge is 1.98. The molecule has 1 amide bonds. The minimum Gasteiger partial charge on any atom is -0.383 e. The SMILES string of the molecule is C=CCCCCCNCC(=O)NCCOC. The van der Waals surface area contributed by atoms with Gasteiger partial charge in [0, 0.05) is 13.7 Å². The van der Waals surface area contributed by atoms with Crippen LogP contribution in [0.1, 0.15) is 25.7 Å². The zero-order valence-corrected chi connectivity index (χ0v) is 10.3. The van der Waals surface area contributed by atoms with E-state index in [1.807, 2.05) is 6.08 Å². The van der Waals surface area contributed by atoms with Gasteiger partial charge in [0.1, 0.15) is 0 Å². The van der Waals surface area contributed by atoms with E-state index in [0.29, 0.717) is 19.7 Å². The Hall–Kier alpha value is -0.870. The molecule has 0 radical (unpaired) electrons. The molecule has 0 rings (SSSR count). The molecule has 0 bridgehead atoms. The Bertz CT molecular complexity index is 184. The van der Waals surface area contributed by atoms with Gasteiger partial charge in [-0.05, 0) is 25.8 Å². The lowest BCUT2D eigenvalue weighted by Crippen LogP contribution is -2.35. The van der Waals surface area contributed by atoms with Crippen molar-refractivity contribution in [1.82, 2.24) is 10.6 Å². The maximum atomic E-state index is 11.2. The fourth-order valence-corrected chi connectivity index (χ4v) is 1.27. The van der Waals surface area contributed by atoms with Crippen LogP contribution in [0.15, 0.2) is 12.7 Å². The van der Waals surface area contributed by atoms with Crippen LogP contribution in [0.25, 0.3) is 0 Å². The Balaban J connectivity index is 3.12. The van der Waals surface area contributed by atoms with Crippen LogP contribution in [-0.2, 0) is 9.53 Å². The standard InChI is InChI=1S/C12H24N2O2/c1-3-4-5-6-7-8-13-11-12(15)14-9-10-16-2/h3,13H,1,4-11H2,2H3,(H,14,15). The van der Waals surface area contributed by atoms with Crippen molar-refractivity contribution in [3.63, 3.8) is 0 Å². The minimum absolute atomic E-state index is 0.0307. The second kappa shape index (κ2) is 12.2. The van der Waals surface area contributed by atoms with Crippen LogP contribution >= 0.6 is 0 Å². The topological polar surface area (TPSA) is 50.4 Å². The van der Waals surface area contributed by atoms with Crippen LogP contribution in [0, 0.1) is 0 Å². The Labute approximate surface area is 98.4 Å². The zero-order valence-electron chi connectivity index (χ0n) is 10.3. The summed E-state index contributed by atoms with van der Waals surface area (Å²) in [6.07, 6.45) is 6.50. The van der Waals surface area contributed by atoms with Crippen molar-refractivity contribution in [2.24, 2.45) is 0 Å². The first-order chi connectivity index (χ1) is 7.81. The van der Waals surface area contributed by atoms with Crippen LogP contribution in [-0.4, -0.2) is 39.3 Å². The monoisotopic (exact) mass is 228 g/mol. The quantitative estimate of drug-likeness (QED) is 0.411. The summed E-state index contributed by atoms with van der Waals surface area (Å²) in [5.74, 6) is 0.0307. The third-order valence-corrected chi connectivity index (χ3v) is 2.18. The fraction of sp³-hybridized carbons (Fsp3) is 0.750. The van der Waals surface area contributed by atoms with Crippen LogP contribution in [0.3, 0.4) is 0 Å². The number of ether oxygens (including phenoxy) is 1. The smallest absolute Gasteiger partial charge is 0.234 e. The van der Waals surface area contributed by atoms with Crippen LogP contribution < -0.4 is 10.6 Å². The minimum atomic E-state index is 0.0307. The number of hydrogen-bond acceptors (Lipinski definition) is 3. The van der Waals surface area contributed by atoms with Crippen molar-refractivity contribution in [2.75, 3.05) is 33.4 Å². The van der Waals surface area contributed by atoms with Gasteiger partial charge < -0.3 is 15.4 Å². The maximum Gasteiger partial charge on any atom is 0.234 e. The van der Waals surface area contributed by atoms with Crippen molar-refractivity contribution in [1.29, 1.82) is 0 Å². The zero-order chi connectivity index (χ0) is 12.1. The molecule has 94 valence electrons. The first-order valence-electron chi connectivity index (χ1n) is 5.88. The van der Waals surface area contributed by atoms with E-state index in [-0.39, 0.29) is 5.91 Å². The molecular weight excluding hydrogens is 204 g/mol. The molecule has 0 atom stereocenters. The normalized spacial score (nSPS) is 10.1. The number of amides is 1. The molecule has 0 spiro atoms. The van der Waals surface area contributed by atoms with Gasteiger partial charge in [0.05, 0.1) is 13.2 Å². The van der Waals surface area contributed by atoms with Gasteiger partial charge in [0.2, 0.25) is 5.91 Å². The van der Waals surface area contributed by atoms with Gasteiger partial charge in [-0.1, -0.05) is 12.5 Å². The number of carbonyl (C=O) groups excluding carboxylic acids is 1. The summed E-state index contributed by atoms with van der Waals surface area (Å²) in [5.41, 5.74) is 0. The van der Waals surface area contributed by atoms with E-state index >= 15 is 0 Å². The summed E-state index contributed by atoms with van der Waals surface area (Å²) in [6, 6.07) is 0. The molecule has 0 saturated carbocycles. The highest BCUT2D eigenvalue weighted by Crippen LogP contribution is 1.98. The predicted octanol–water partition coefficient (Wildman–Crippen LogP) is 1.08. The second-order valence-corrected chi connectivity index (χ2v) is 3.66. The lowest BCUT2D eigenvalue weighted by Gasteiger charge is -2.05. The molecule has 2 N–H and O–H groups in total. The van der Waals surface area contributed by atoms with E-state index in [4.69, 9.17) is 4.74 Å². The number of rotatable bonds is 11. The van der Waals surface area contributed by atoms with Crippen molar-refractivity contribution in [3.05, 3.63) is 12.7 Å². The maximum absolute atomic E-state index is 11.2. The van der Waals surface area contributed by atoms with E-state index < -0.39 is 0 Å². The third kappa shape index (κ3) is 11.2. The van der Waals surface area contributed by atoms with Gasteiger partial charge in [-0.3, -0.25) is 4.79 Å². The van der Waals surface area contributed by atoms with Crippen LogP contribution in [0.2, 0.25) is 0 Å². The molecule has 4 nitrogen and oxygen atoms in total. The van der Waals surface area contributed by atoms with E-state index in [1.54, 1.807) is 7.11 Å². The number of unbranched alkanes of at least 4 members (excludes halogenated alkanes) is 3. The predicted molar refractivity (Wildman–Crippen MR) is 66.4 cm³/mol. The molecule has 0 saturated heterocycles. The Kier molecular flexibility index (Phi) is 11.5. The third-order valence-electron chi connectivity index (χ3n) is 2.18. The Morgan fingerprint density at radius 1 is 1.31 bits per heavy atom. The molecule has 0 heterocycles. The summed E-state index contributed by atoms with van der Waals surface area (Å²) >= 11 is 0. The van der Waals surface area contributed by atoms with E-state index in [2.05, 4.69) is 17.2 Å². The molecule has 0 unspecified atom stereocenters. The second-order valence-electron chi connectivity index (χ2n) is 3.66. The Morgan fingerprint density at radius 3 is 2.81 bits per heavy atom. The van der Waals surface area contributed by atoms with E-state index in [1.165, 1.54) is 12.8 Å². The molecule has 0 aromatic heterocycles. The molecular formula is C12H24N2O2. The average molecular weight is 228 g/mol. The van der Waals surface area contributed by atoms with Gasteiger partial charge in [0.15, 0.2) is 0 Å². The lowest BCUT2D eigenvalue weighted by atomic mass is 10.2. The summed E-state index contributed by atoms with van der Waals surface area (Å²) in [6.45, 7) is 6.11. The molecule has 4 heteroatoms. The van der Waals surface area contributed by atoms with Gasteiger partial charge in [-0.25, -0.2) is 0 Å². The molecule has 0 fully saturated rings. The summed E-state index contributed by atoms with van der Waals surface area (Å²) in [5, 5.41) is 5.87. The van der Waals surface area contributed by atoms with E-state index in [0.717, 1.165) is 19.4 Å². The van der Waals surface area contributed by atoms with Gasteiger partial charge in [-0.15, -0.1) is 6.58 Å². The first kappa shape index (κ1) is 15.1. The number of methoxy groups -OCH3 is 1. The number of nitrogens with one attached hydrogen (secondary N) is 2. The molecule has 0 aliphatic rings.